The minimum Gasteiger partial charge on any atom is -0.466 e. The molecule has 0 N–H and O–H groups in total. The number of ketones is 1. The molecule has 0 amide bonds. The van der Waals surface area contributed by atoms with Crippen LogP contribution >= 0.6 is 0 Å². The van der Waals surface area contributed by atoms with Crippen molar-refractivity contribution >= 4 is 11.8 Å². The van der Waals surface area contributed by atoms with E-state index in [9.17, 15) is 9.59 Å². The maximum absolute atomic E-state index is 11.7. The Balaban J connectivity index is 2.20. The Morgan fingerprint density at radius 2 is 1.94 bits per heavy atom. The number of carbonyl (C=O) groups excluding carboxylic acids is 2. The quantitative estimate of drug-likeness (QED) is 0.577. The fraction of sp³-hybridized carbons (Fsp3) is 0.846. The first-order valence-electron chi connectivity index (χ1n) is 6.58. The van der Waals surface area contributed by atoms with Gasteiger partial charge < -0.3 is 4.74 Å². The molecule has 1 fully saturated rings. The monoisotopic (exact) mass is 241 g/mol. The van der Waals surface area contributed by atoms with Crippen molar-refractivity contribution in [3.63, 3.8) is 0 Å². The smallest absolute Gasteiger partial charge is 0.306 e. The summed E-state index contributed by atoms with van der Waals surface area (Å²) >= 11 is 0. The van der Waals surface area contributed by atoms with Gasteiger partial charge in [0.15, 0.2) is 0 Å². The number of carbonyl (C=O) groups is 2. The van der Waals surface area contributed by atoms with Gasteiger partial charge in [-0.3, -0.25) is 14.5 Å². The second kappa shape index (κ2) is 7.43. The molecule has 1 aliphatic rings. The number of hydrogen-bond acceptors (Lipinski definition) is 4. The summed E-state index contributed by atoms with van der Waals surface area (Å²) in [5.41, 5.74) is 0. The molecule has 0 aromatic heterocycles. The van der Waals surface area contributed by atoms with Gasteiger partial charge in [0.25, 0.3) is 0 Å². The molecule has 1 aliphatic carbocycles. The fourth-order valence-corrected chi connectivity index (χ4v) is 1.90. The number of ether oxygens (including phenoxy) is 1. The van der Waals surface area contributed by atoms with Crippen molar-refractivity contribution in [3.8, 4) is 0 Å². The van der Waals surface area contributed by atoms with E-state index in [4.69, 9.17) is 4.74 Å². The first-order chi connectivity index (χ1) is 8.17. The van der Waals surface area contributed by atoms with Crippen molar-refractivity contribution in [1.82, 2.24) is 4.90 Å². The Hall–Kier alpha value is -0.900. The summed E-state index contributed by atoms with van der Waals surface area (Å²) in [6, 6.07) is 0.612. The van der Waals surface area contributed by atoms with E-state index in [-0.39, 0.29) is 18.2 Å². The molecule has 0 heterocycles. The van der Waals surface area contributed by atoms with Crippen molar-refractivity contribution in [2.75, 3.05) is 19.7 Å². The molecule has 0 aromatic carbocycles. The Kier molecular flexibility index (Phi) is 6.19. The van der Waals surface area contributed by atoms with Crippen LogP contribution in [0.2, 0.25) is 0 Å². The Bertz CT molecular complexity index is 261. The lowest BCUT2D eigenvalue weighted by molar-refractivity contribution is -0.144. The van der Waals surface area contributed by atoms with Crippen LogP contribution in [0.25, 0.3) is 0 Å². The SMILES string of the molecule is CCCN(CC(=O)CCC(=O)OCC)C1CC1. The summed E-state index contributed by atoms with van der Waals surface area (Å²) in [7, 11) is 0. The van der Waals surface area contributed by atoms with E-state index in [0.29, 0.717) is 25.6 Å². The number of rotatable bonds is 9. The number of nitrogens with zero attached hydrogens (tertiary/aromatic N) is 1. The molecule has 0 bridgehead atoms. The Morgan fingerprint density at radius 1 is 1.24 bits per heavy atom. The van der Waals surface area contributed by atoms with E-state index < -0.39 is 0 Å². The third-order valence-electron chi connectivity index (χ3n) is 2.87. The van der Waals surface area contributed by atoms with Crippen LogP contribution in [-0.2, 0) is 14.3 Å². The highest BCUT2D eigenvalue weighted by Crippen LogP contribution is 2.26. The molecule has 0 unspecified atom stereocenters. The van der Waals surface area contributed by atoms with E-state index in [1.165, 1.54) is 12.8 Å². The van der Waals surface area contributed by atoms with E-state index in [1.807, 2.05) is 0 Å². The normalized spacial score (nSPS) is 15.0. The van der Waals surface area contributed by atoms with E-state index in [2.05, 4.69) is 11.8 Å². The predicted molar refractivity (Wildman–Crippen MR) is 65.8 cm³/mol. The largest absolute Gasteiger partial charge is 0.466 e. The van der Waals surface area contributed by atoms with Crippen LogP contribution < -0.4 is 0 Å². The average molecular weight is 241 g/mol. The van der Waals surface area contributed by atoms with Crippen LogP contribution in [0.15, 0.2) is 0 Å². The summed E-state index contributed by atoms with van der Waals surface area (Å²) in [6.45, 7) is 5.76. The molecule has 1 rings (SSSR count). The summed E-state index contributed by atoms with van der Waals surface area (Å²) in [4.78, 5) is 25.1. The Labute approximate surface area is 103 Å². The van der Waals surface area contributed by atoms with Gasteiger partial charge in [0.1, 0.15) is 5.78 Å². The first kappa shape index (κ1) is 14.2. The molecular formula is C13H23NO3. The maximum atomic E-state index is 11.7. The molecule has 0 atom stereocenters. The van der Waals surface area contributed by atoms with Gasteiger partial charge in [-0.25, -0.2) is 0 Å². The zero-order valence-electron chi connectivity index (χ0n) is 10.9. The topological polar surface area (TPSA) is 46.6 Å². The summed E-state index contributed by atoms with van der Waals surface area (Å²) < 4.78 is 4.80. The second-order valence-corrected chi connectivity index (χ2v) is 4.55. The standard InChI is InChI=1S/C13H23NO3/c1-3-9-14(11-5-6-11)10-12(15)7-8-13(16)17-4-2/h11H,3-10H2,1-2H3. The van der Waals surface area contributed by atoms with Gasteiger partial charge in [0, 0.05) is 12.5 Å². The third-order valence-corrected chi connectivity index (χ3v) is 2.87. The van der Waals surface area contributed by atoms with Gasteiger partial charge in [-0.2, -0.15) is 0 Å². The molecule has 4 heteroatoms. The molecule has 0 saturated heterocycles. The summed E-state index contributed by atoms with van der Waals surface area (Å²) in [5, 5.41) is 0. The number of esters is 1. The van der Waals surface area contributed by atoms with Crippen LogP contribution in [0.4, 0.5) is 0 Å². The zero-order chi connectivity index (χ0) is 12.7. The van der Waals surface area contributed by atoms with E-state index >= 15 is 0 Å². The number of hydrogen-bond donors (Lipinski definition) is 0. The van der Waals surface area contributed by atoms with Crippen molar-refractivity contribution < 1.29 is 14.3 Å². The van der Waals surface area contributed by atoms with Gasteiger partial charge in [0.2, 0.25) is 0 Å². The minimum absolute atomic E-state index is 0.151. The Morgan fingerprint density at radius 3 is 2.47 bits per heavy atom. The van der Waals surface area contributed by atoms with Crippen molar-refractivity contribution in [2.24, 2.45) is 0 Å². The molecule has 0 spiro atoms. The van der Waals surface area contributed by atoms with Gasteiger partial charge >= 0.3 is 5.97 Å². The zero-order valence-corrected chi connectivity index (χ0v) is 10.9. The lowest BCUT2D eigenvalue weighted by Crippen LogP contribution is -2.32. The maximum Gasteiger partial charge on any atom is 0.306 e. The molecule has 17 heavy (non-hydrogen) atoms. The fourth-order valence-electron chi connectivity index (χ4n) is 1.90. The molecule has 0 radical (unpaired) electrons. The van der Waals surface area contributed by atoms with Gasteiger partial charge in [-0.1, -0.05) is 6.92 Å². The van der Waals surface area contributed by atoms with Gasteiger partial charge in [-0.05, 0) is 32.7 Å². The van der Waals surface area contributed by atoms with Crippen LogP contribution in [0.3, 0.4) is 0 Å². The highest BCUT2D eigenvalue weighted by atomic mass is 16.5. The van der Waals surface area contributed by atoms with Crippen LogP contribution in [-0.4, -0.2) is 42.4 Å². The van der Waals surface area contributed by atoms with Gasteiger partial charge in [-0.15, -0.1) is 0 Å². The van der Waals surface area contributed by atoms with Crippen LogP contribution in [0, 0.1) is 0 Å². The van der Waals surface area contributed by atoms with Crippen molar-refractivity contribution in [2.45, 2.75) is 52.0 Å². The highest BCUT2D eigenvalue weighted by Gasteiger charge is 2.29. The van der Waals surface area contributed by atoms with Crippen molar-refractivity contribution in [3.05, 3.63) is 0 Å². The number of Topliss-reactive ketones (excluding diaryl/α,β-unsaturated/α-hetero) is 1. The molecule has 98 valence electrons. The lowest BCUT2D eigenvalue weighted by Gasteiger charge is -2.19. The molecular weight excluding hydrogens is 218 g/mol. The van der Waals surface area contributed by atoms with Crippen LogP contribution in [0.5, 0.6) is 0 Å². The first-order valence-corrected chi connectivity index (χ1v) is 6.58. The van der Waals surface area contributed by atoms with E-state index in [0.717, 1.165) is 13.0 Å². The highest BCUT2D eigenvalue weighted by molar-refractivity contribution is 5.84. The second-order valence-electron chi connectivity index (χ2n) is 4.55. The average Bonchev–Trinajstić information content (AvgIpc) is 3.10. The molecule has 4 nitrogen and oxygen atoms in total. The molecule has 0 aromatic rings. The van der Waals surface area contributed by atoms with Crippen molar-refractivity contribution in [1.29, 1.82) is 0 Å². The molecule has 0 aliphatic heterocycles. The van der Waals surface area contributed by atoms with E-state index in [1.54, 1.807) is 6.92 Å². The van der Waals surface area contributed by atoms with Crippen LogP contribution in [0.1, 0.15) is 46.0 Å². The summed E-state index contributed by atoms with van der Waals surface area (Å²) in [6.07, 6.45) is 4.03. The summed E-state index contributed by atoms with van der Waals surface area (Å²) in [5.74, 6) is -0.118. The molecule has 1 saturated carbocycles. The predicted octanol–water partition coefficient (Wildman–Crippen LogP) is 1.77. The third kappa shape index (κ3) is 5.82. The minimum atomic E-state index is -0.269. The lowest BCUT2D eigenvalue weighted by atomic mass is 10.2. The van der Waals surface area contributed by atoms with Gasteiger partial charge in [0.05, 0.1) is 19.6 Å².